The molecule has 4 unspecified atom stereocenters. The van der Waals surface area contributed by atoms with E-state index in [4.69, 9.17) is 197 Å². The molecule has 0 amide bonds. The summed E-state index contributed by atoms with van der Waals surface area (Å²) in [6, 6.07) is 0. The van der Waals surface area contributed by atoms with E-state index in [1.807, 2.05) is 0 Å². The molecule has 0 saturated carbocycles. The van der Waals surface area contributed by atoms with Crippen molar-refractivity contribution in [2.45, 2.75) is 35.5 Å². The molecule has 3 N–H and O–H groups in total. The maximum atomic E-state index is 11.6. The molecule has 32 heavy (non-hydrogen) atoms. The van der Waals surface area contributed by atoms with Gasteiger partial charge in [0.25, 0.3) is 3.67 Å². The second-order valence-corrected chi connectivity index (χ2v) is 17.6. The molecule has 0 aromatic carbocycles. The van der Waals surface area contributed by atoms with Crippen molar-refractivity contribution in [3.63, 3.8) is 0 Å². The second kappa shape index (κ2) is 11.3. The van der Waals surface area contributed by atoms with Gasteiger partial charge >= 0.3 is 0 Å². The minimum Gasteiger partial charge on any atom is -0.370 e. The van der Waals surface area contributed by atoms with E-state index < -0.39 is 56.1 Å². The topological polar surface area (TPSA) is 77.8 Å². The third-order valence-electron chi connectivity index (χ3n) is 3.55. The highest BCUT2D eigenvalue weighted by atomic mass is 35.6. The first kappa shape index (κ1) is 36.7. The van der Waals surface area contributed by atoms with E-state index in [1.54, 1.807) is 0 Å². The first-order chi connectivity index (χ1) is 13.5. The zero-order chi connectivity index (χ0) is 26.7. The summed E-state index contributed by atoms with van der Waals surface area (Å²) in [5.74, 6) is 0. The van der Waals surface area contributed by atoms with Gasteiger partial charge in [-0.1, -0.05) is 186 Å². The maximum absolute atomic E-state index is 11.6. The number of hydrogen-bond acceptors (Lipinski definition) is 3. The van der Waals surface area contributed by atoms with E-state index in [1.165, 1.54) is 0 Å². The number of aliphatic hydroxyl groups is 2. The van der Waals surface area contributed by atoms with Crippen molar-refractivity contribution in [3.05, 3.63) is 9.52 Å². The van der Waals surface area contributed by atoms with Crippen molar-refractivity contribution >= 4 is 208 Å². The summed E-state index contributed by atoms with van der Waals surface area (Å²) in [5, 5.41) is 13.4. The Morgan fingerprint density at radius 1 is 0.625 bits per heavy atom. The van der Waals surface area contributed by atoms with Crippen molar-refractivity contribution < 1.29 is 19.0 Å². The van der Waals surface area contributed by atoms with Crippen LogP contribution >= 0.6 is 197 Å². The summed E-state index contributed by atoms with van der Waals surface area (Å²) in [4.78, 5) is -3.65. The van der Waals surface area contributed by atoms with Crippen LogP contribution in [0, 0.1) is 0 Å². The van der Waals surface area contributed by atoms with Crippen LogP contribution in [-0.2, 0) is 11.1 Å². The van der Waals surface area contributed by atoms with Gasteiger partial charge < -0.3 is 14.8 Å². The molecule has 0 aliphatic carbocycles. The molecule has 4 nitrogen and oxygen atoms in total. The van der Waals surface area contributed by atoms with Gasteiger partial charge in [-0.2, -0.15) is 0 Å². The predicted molar refractivity (Wildman–Crippen MR) is 144 cm³/mol. The van der Waals surface area contributed by atoms with Gasteiger partial charge in [0.2, 0.25) is 18.2 Å². The van der Waals surface area contributed by atoms with Gasteiger partial charge in [-0.3, -0.25) is 0 Å². The van der Waals surface area contributed by atoms with Crippen LogP contribution in [0.2, 0.25) is 0 Å². The van der Waals surface area contributed by atoms with Gasteiger partial charge in [0.1, 0.15) is 4.49 Å². The Morgan fingerprint density at radius 3 is 1.22 bits per heavy atom. The van der Waals surface area contributed by atoms with Crippen LogP contribution in [0.5, 0.6) is 0 Å². The fourth-order valence-corrected chi connectivity index (χ4v) is 7.88. The highest BCUT2D eigenvalue weighted by molar-refractivity contribution is 7.84. The monoisotopic (exact) mass is 813 g/mol. The molecular formula is C10H3Cl17O4S. The molecule has 0 radical (unpaired) electrons. The fraction of sp³-hybridized carbons (Fsp3) is 0.800. The lowest BCUT2D eigenvalue weighted by molar-refractivity contribution is 0.0227. The highest BCUT2D eigenvalue weighted by Gasteiger charge is 2.85. The summed E-state index contributed by atoms with van der Waals surface area (Å²) in [6.07, 6.45) is 0. The van der Waals surface area contributed by atoms with Gasteiger partial charge in [-0.15, -0.1) is 11.6 Å². The lowest BCUT2D eigenvalue weighted by Gasteiger charge is -2.57. The molecule has 0 spiro atoms. The Labute approximate surface area is 268 Å². The van der Waals surface area contributed by atoms with E-state index in [0.29, 0.717) is 0 Å². The third kappa shape index (κ3) is 5.63. The number of halogens is 17. The molecule has 0 heterocycles. The second-order valence-electron chi connectivity index (χ2n) is 5.46. The normalized spacial score (nSPS) is 21.2. The average Bonchev–Trinajstić information content (AvgIpc) is 2.57. The van der Waals surface area contributed by atoms with Crippen molar-refractivity contribution in [2.75, 3.05) is 0 Å². The summed E-state index contributed by atoms with van der Waals surface area (Å²) in [7, 11) is 0. The van der Waals surface area contributed by atoms with Crippen LogP contribution in [0.25, 0.3) is 0 Å². The first-order valence-electron chi connectivity index (χ1n) is 6.46. The van der Waals surface area contributed by atoms with Gasteiger partial charge in [0.05, 0.1) is 5.03 Å². The Morgan fingerprint density at radius 2 is 0.969 bits per heavy atom. The van der Waals surface area contributed by atoms with Crippen molar-refractivity contribution in [1.82, 2.24) is 0 Å². The Hall–Kier alpha value is 4.70. The van der Waals surface area contributed by atoms with E-state index in [-0.39, 0.29) is 0 Å². The average molecular weight is 822 g/mol. The summed E-state index contributed by atoms with van der Waals surface area (Å²) >= 11 is 96.6. The summed E-state index contributed by atoms with van der Waals surface area (Å²) < 4.78 is 3.06. The zero-order valence-electron chi connectivity index (χ0n) is 13.6. The molecule has 0 bridgehead atoms. The van der Waals surface area contributed by atoms with Gasteiger partial charge in [0, 0.05) is 0 Å². The van der Waals surface area contributed by atoms with Gasteiger partial charge in [0.15, 0.2) is 24.6 Å². The van der Waals surface area contributed by atoms with Crippen molar-refractivity contribution in [2.24, 2.45) is 0 Å². The first-order valence-corrected chi connectivity index (χ1v) is 14.0. The molecule has 192 valence electrons. The Balaban J connectivity index is 7.50. The van der Waals surface area contributed by atoms with E-state index in [0.717, 1.165) is 0 Å². The molecule has 0 saturated heterocycles. The quantitative estimate of drug-likeness (QED) is 0.169. The molecule has 0 aliphatic rings. The minimum atomic E-state index is -3.91. The molecule has 0 aromatic rings. The summed E-state index contributed by atoms with van der Waals surface area (Å²) in [5.41, 5.74) is 0. The SMILES string of the molecule is O=S(O)C(Cl)(Cl)C(Cl)(Cl)C(Cl)(Cl)C(O)(Cl)C(Cl)(C(Cl)(Cl)Cl)C(Cl)(Cl)C(O)(Cl)C(Cl)=C(Cl)Cl. The maximum Gasteiger partial charge on any atom is 0.253 e. The van der Waals surface area contributed by atoms with Crippen molar-refractivity contribution in [1.29, 1.82) is 0 Å². The molecule has 22 heteroatoms. The van der Waals surface area contributed by atoms with E-state index in [2.05, 4.69) is 0 Å². The van der Waals surface area contributed by atoms with Gasteiger partial charge in [-0.05, 0) is 0 Å². The fourth-order valence-electron chi connectivity index (χ4n) is 1.78. The lowest BCUT2D eigenvalue weighted by atomic mass is 9.89. The van der Waals surface area contributed by atoms with Crippen LogP contribution in [0.3, 0.4) is 0 Å². The lowest BCUT2D eigenvalue weighted by Crippen LogP contribution is -2.77. The zero-order valence-corrected chi connectivity index (χ0v) is 27.3. The van der Waals surface area contributed by atoms with Crippen LogP contribution in [0.4, 0.5) is 0 Å². The number of hydrogen-bond donors (Lipinski definition) is 3. The molecule has 0 aliphatic heterocycles. The van der Waals surface area contributed by atoms with Gasteiger partial charge in [-0.25, -0.2) is 4.21 Å². The van der Waals surface area contributed by atoms with Crippen LogP contribution in [0.15, 0.2) is 9.52 Å². The molecule has 0 aromatic heterocycles. The summed E-state index contributed by atoms with van der Waals surface area (Å²) in [6.45, 7) is 0. The Kier molecular flexibility index (Phi) is 13.0. The smallest absolute Gasteiger partial charge is 0.253 e. The van der Waals surface area contributed by atoms with Crippen LogP contribution in [-0.4, -0.2) is 54.4 Å². The number of rotatable bonds is 8. The van der Waals surface area contributed by atoms with E-state index in [9.17, 15) is 19.0 Å². The Bertz CT molecular complexity index is 783. The molecule has 0 rings (SSSR count). The number of alkyl halides is 14. The molecule has 4 atom stereocenters. The molecule has 0 fully saturated rings. The molecular weight excluding hydrogens is 819 g/mol. The largest absolute Gasteiger partial charge is 0.370 e. The third-order valence-corrected chi connectivity index (χ3v) is 14.8. The van der Waals surface area contributed by atoms with Crippen LogP contribution in [0.1, 0.15) is 0 Å². The predicted octanol–water partition coefficient (Wildman–Crippen LogP) is 8.95. The van der Waals surface area contributed by atoms with Crippen molar-refractivity contribution in [3.8, 4) is 0 Å². The highest BCUT2D eigenvalue weighted by Crippen LogP contribution is 2.72. The standard InChI is InChI=1S/C10H3Cl17O4S/c11-1(2(12)13)3(14,28)5(16,17)4(15,9(23,24)25)8(22,29)6(18,19)7(20,21)10(26,27)32(30)31/h28-29H,(H,30,31). The minimum absolute atomic E-state index is 0.931. The van der Waals surface area contributed by atoms with Crippen LogP contribution < -0.4 is 0 Å². The van der Waals surface area contributed by atoms with E-state index >= 15 is 0 Å².